The van der Waals surface area contributed by atoms with Crippen molar-refractivity contribution in [3.63, 3.8) is 0 Å². The fraction of sp³-hybridized carbons (Fsp3) is 0.0952. The minimum Gasteiger partial charge on any atom is -0.465 e. The normalized spacial score (nSPS) is 10.8. The van der Waals surface area contributed by atoms with Gasteiger partial charge in [-0.05, 0) is 73.5 Å². The zero-order valence-electron chi connectivity index (χ0n) is 14.2. The van der Waals surface area contributed by atoms with E-state index < -0.39 is 0 Å². The van der Waals surface area contributed by atoms with E-state index in [-0.39, 0.29) is 5.91 Å². The number of carbonyl (C=O) groups excluding carboxylic acids is 1. The van der Waals surface area contributed by atoms with Gasteiger partial charge >= 0.3 is 0 Å². The van der Waals surface area contributed by atoms with Gasteiger partial charge in [-0.25, -0.2) is 0 Å². The van der Waals surface area contributed by atoms with Crippen LogP contribution in [0.1, 0.15) is 16.9 Å². The molecule has 0 fully saturated rings. The number of amides is 1. The molecule has 3 aromatic rings. The first kappa shape index (κ1) is 16.6. The second-order valence-electron chi connectivity index (χ2n) is 5.66. The Morgan fingerprint density at radius 1 is 1.04 bits per heavy atom. The highest BCUT2D eigenvalue weighted by atomic mass is 16.5. The van der Waals surface area contributed by atoms with Gasteiger partial charge < -0.3 is 14.5 Å². The Bertz CT molecular complexity index is 878. The molecule has 1 heterocycles. The molecular weight excluding hydrogens is 314 g/mol. The van der Waals surface area contributed by atoms with Crippen molar-refractivity contribution in [3.05, 3.63) is 83.8 Å². The molecule has 4 heteroatoms. The van der Waals surface area contributed by atoms with Crippen molar-refractivity contribution < 1.29 is 13.9 Å². The van der Waals surface area contributed by atoms with E-state index in [0.717, 1.165) is 17.1 Å². The third-order valence-corrected chi connectivity index (χ3v) is 3.85. The van der Waals surface area contributed by atoms with Gasteiger partial charge in [-0.15, -0.1) is 0 Å². The summed E-state index contributed by atoms with van der Waals surface area (Å²) in [5.41, 5.74) is 3.00. The van der Waals surface area contributed by atoms with Gasteiger partial charge in [0.2, 0.25) is 5.91 Å². The van der Waals surface area contributed by atoms with Crippen LogP contribution in [0.25, 0.3) is 6.08 Å². The SMILES string of the molecule is Cc1cccc(Oc2ccc(NC(=O)C=Cc3ccco3)cc2)c1C. The predicted molar refractivity (Wildman–Crippen MR) is 98.8 cm³/mol. The summed E-state index contributed by atoms with van der Waals surface area (Å²) < 4.78 is 11.0. The van der Waals surface area contributed by atoms with Gasteiger partial charge in [0.05, 0.1) is 6.26 Å². The van der Waals surface area contributed by atoms with Crippen molar-refractivity contribution >= 4 is 17.7 Å². The third kappa shape index (κ3) is 4.38. The first-order valence-corrected chi connectivity index (χ1v) is 7.98. The lowest BCUT2D eigenvalue weighted by atomic mass is 10.1. The van der Waals surface area contributed by atoms with E-state index in [2.05, 4.69) is 18.3 Å². The number of benzene rings is 2. The van der Waals surface area contributed by atoms with Crippen molar-refractivity contribution in [2.24, 2.45) is 0 Å². The Kier molecular flexibility index (Phi) is 5.00. The van der Waals surface area contributed by atoms with E-state index in [0.29, 0.717) is 11.4 Å². The molecule has 1 aromatic heterocycles. The lowest BCUT2D eigenvalue weighted by Crippen LogP contribution is -2.07. The molecule has 0 saturated heterocycles. The summed E-state index contributed by atoms with van der Waals surface area (Å²) >= 11 is 0. The highest BCUT2D eigenvalue weighted by Crippen LogP contribution is 2.27. The average Bonchev–Trinajstić information content (AvgIpc) is 3.12. The summed E-state index contributed by atoms with van der Waals surface area (Å²) in [5, 5.41) is 2.79. The molecular formula is C21H19NO3. The first-order valence-electron chi connectivity index (χ1n) is 7.98. The summed E-state index contributed by atoms with van der Waals surface area (Å²) in [6.45, 7) is 4.09. The van der Waals surface area contributed by atoms with Crippen molar-refractivity contribution in [1.29, 1.82) is 0 Å². The van der Waals surface area contributed by atoms with Gasteiger partial charge in [-0.3, -0.25) is 4.79 Å². The fourth-order valence-electron chi connectivity index (χ4n) is 2.30. The monoisotopic (exact) mass is 333 g/mol. The first-order chi connectivity index (χ1) is 12.1. The number of anilines is 1. The second kappa shape index (κ2) is 7.53. The Morgan fingerprint density at radius 2 is 1.84 bits per heavy atom. The minimum absolute atomic E-state index is 0.223. The molecule has 25 heavy (non-hydrogen) atoms. The number of aryl methyl sites for hydroxylation is 1. The van der Waals surface area contributed by atoms with Crippen LogP contribution in [-0.4, -0.2) is 5.91 Å². The summed E-state index contributed by atoms with van der Waals surface area (Å²) in [5.74, 6) is 1.96. The van der Waals surface area contributed by atoms with Crippen molar-refractivity contribution in [2.45, 2.75) is 13.8 Å². The smallest absolute Gasteiger partial charge is 0.248 e. The molecule has 0 aliphatic heterocycles. The quantitative estimate of drug-likeness (QED) is 0.641. The molecule has 0 aliphatic rings. The van der Waals surface area contributed by atoms with Crippen LogP contribution in [0.4, 0.5) is 5.69 Å². The summed E-state index contributed by atoms with van der Waals surface area (Å²) in [6.07, 6.45) is 4.61. The van der Waals surface area contributed by atoms with Crippen molar-refractivity contribution in [3.8, 4) is 11.5 Å². The summed E-state index contributed by atoms with van der Waals surface area (Å²) in [4.78, 5) is 11.9. The molecule has 126 valence electrons. The number of nitrogens with one attached hydrogen (secondary N) is 1. The average molecular weight is 333 g/mol. The standard InChI is InChI=1S/C21H19NO3/c1-15-5-3-7-20(16(15)2)25-19-10-8-17(9-11-19)22-21(23)13-12-18-6-4-14-24-18/h3-14H,1-2H3,(H,22,23). The van der Waals surface area contributed by atoms with E-state index in [1.54, 1.807) is 36.6 Å². The van der Waals surface area contributed by atoms with Gasteiger partial charge in [0.25, 0.3) is 0 Å². The van der Waals surface area contributed by atoms with Gasteiger partial charge in [-0.2, -0.15) is 0 Å². The number of rotatable bonds is 5. The highest BCUT2D eigenvalue weighted by Gasteiger charge is 2.04. The second-order valence-corrected chi connectivity index (χ2v) is 5.66. The minimum atomic E-state index is -0.223. The fourth-order valence-corrected chi connectivity index (χ4v) is 2.30. The van der Waals surface area contributed by atoms with Crippen LogP contribution in [0.2, 0.25) is 0 Å². The lowest BCUT2D eigenvalue weighted by molar-refractivity contribution is -0.111. The largest absolute Gasteiger partial charge is 0.465 e. The van der Waals surface area contributed by atoms with Crippen LogP contribution in [0.3, 0.4) is 0 Å². The Morgan fingerprint density at radius 3 is 2.56 bits per heavy atom. The molecule has 1 amide bonds. The predicted octanol–water partition coefficient (Wildman–Crippen LogP) is 5.34. The molecule has 2 aromatic carbocycles. The van der Waals surface area contributed by atoms with Crippen LogP contribution in [0, 0.1) is 13.8 Å². The Labute approximate surface area is 146 Å². The molecule has 3 rings (SSSR count). The summed E-state index contributed by atoms with van der Waals surface area (Å²) in [6, 6.07) is 16.8. The Hall–Kier alpha value is -3.27. The maximum Gasteiger partial charge on any atom is 0.248 e. The van der Waals surface area contributed by atoms with Gasteiger partial charge in [0.1, 0.15) is 17.3 Å². The number of ether oxygens (including phenoxy) is 1. The topological polar surface area (TPSA) is 51.5 Å². The van der Waals surface area contributed by atoms with E-state index in [1.807, 2.05) is 31.2 Å². The maximum absolute atomic E-state index is 11.9. The molecule has 0 bridgehead atoms. The molecule has 0 spiro atoms. The molecule has 0 unspecified atom stereocenters. The van der Waals surface area contributed by atoms with Crippen LogP contribution in [0.15, 0.2) is 71.4 Å². The van der Waals surface area contributed by atoms with E-state index in [1.165, 1.54) is 11.6 Å². The van der Waals surface area contributed by atoms with Gasteiger partial charge in [-0.1, -0.05) is 12.1 Å². The number of carbonyl (C=O) groups is 1. The molecule has 0 aliphatic carbocycles. The zero-order valence-corrected chi connectivity index (χ0v) is 14.2. The molecule has 0 radical (unpaired) electrons. The van der Waals surface area contributed by atoms with Crippen LogP contribution in [0.5, 0.6) is 11.5 Å². The van der Waals surface area contributed by atoms with Crippen molar-refractivity contribution in [2.75, 3.05) is 5.32 Å². The molecule has 4 nitrogen and oxygen atoms in total. The lowest BCUT2D eigenvalue weighted by Gasteiger charge is -2.11. The Balaban J connectivity index is 1.62. The maximum atomic E-state index is 11.9. The van der Waals surface area contributed by atoms with Crippen LogP contribution >= 0.6 is 0 Å². The van der Waals surface area contributed by atoms with E-state index in [9.17, 15) is 4.79 Å². The summed E-state index contributed by atoms with van der Waals surface area (Å²) in [7, 11) is 0. The van der Waals surface area contributed by atoms with E-state index >= 15 is 0 Å². The number of hydrogen-bond donors (Lipinski definition) is 1. The number of hydrogen-bond acceptors (Lipinski definition) is 3. The molecule has 0 saturated carbocycles. The third-order valence-electron chi connectivity index (χ3n) is 3.85. The van der Waals surface area contributed by atoms with Crippen molar-refractivity contribution in [1.82, 2.24) is 0 Å². The molecule has 1 N–H and O–H groups in total. The van der Waals surface area contributed by atoms with E-state index in [4.69, 9.17) is 9.15 Å². The molecule has 0 atom stereocenters. The number of furan rings is 1. The van der Waals surface area contributed by atoms with Gasteiger partial charge in [0.15, 0.2) is 0 Å². The van der Waals surface area contributed by atoms with Crippen LogP contribution in [-0.2, 0) is 4.79 Å². The van der Waals surface area contributed by atoms with Crippen LogP contribution < -0.4 is 10.1 Å². The van der Waals surface area contributed by atoms with Gasteiger partial charge in [0, 0.05) is 11.8 Å². The zero-order chi connectivity index (χ0) is 17.6. The highest BCUT2D eigenvalue weighted by molar-refractivity contribution is 6.01.